The molecule has 0 radical (unpaired) electrons. The van der Waals surface area contributed by atoms with Gasteiger partial charge in [0.15, 0.2) is 5.58 Å². The largest absolute Gasteiger partial charge is 0.506 e. The van der Waals surface area contributed by atoms with Gasteiger partial charge in [0.25, 0.3) is 5.91 Å². The van der Waals surface area contributed by atoms with E-state index in [4.69, 9.17) is 18.6 Å². The zero-order valence-electron chi connectivity index (χ0n) is 23.7. The molecule has 11 heteroatoms. The standard InChI is InChI=1S/C16H15NO5.C16H13NO4/c1-21-11-8-6-10(7-9-11)15(19)17-14-12(16(20)22-2)4-3-5-13(14)18;1-19-11-8-6-10(7-9-11)15-17-14-12(16(18)20-2)4-3-5-13(14)21-15/h3-9,18H,1-2H3,(H,17,19);3-9H,1-2H3. The van der Waals surface area contributed by atoms with Crippen LogP contribution in [-0.4, -0.2) is 56.4 Å². The Bertz CT molecular complexity index is 1740. The van der Waals surface area contributed by atoms with Crippen LogP contribution in [0, 0.1) is 0 Å². The number of carbonyl (C=O) groups is 3. The van der Waals surface area contributed by atoms with Gasteiger partial charge in [-0.2, -0.15) is 0 Å². The summed E-state index contributed by atoms with van der Waals surface area (Å²) in [6.45, 7) is 0. The Balaban J connectivity index is 0.000000197. The molecule has 1 aromatic heterocycles. The lowest BCUT2D eigenvalue weighted by atomic mass is 10.1. The molecule has 0 unspecified atom stereocenters. The third kappa shape index (κ3) is 6.91. The molecule has 4 aromatic carbocycles. The number of phenols is 1. The second-order valence-corrected chi connectivity index (χ2v) is 8.77. The fraction of sp³-hybridized carbons (Fsp3) is 0.125. The molecule has 5 aromatic rings. The summed E-state index contributed by atoms with van der Waals surface area (Å²) in [5.41, 5.74) is 2.68. The number of aromatic hydroxyl groups is 1. The van der Waals surface area contributed by atoms with Crippen molar-refractivity contribution in [2.75, 3.05) is 33.8 Å². The van der Waals surface area contributed by atoms with Gasteiger partial charge in [-0.3, -0.25) is 4.79 Å². The molecule has 0 fully saturated rings. The van der Waals surface area contributed by atoms with Crippen molar-refractivity contribution >= 4 is 34.6 Å². The average Bonchev–Trinajstić information content (AvgIpc) is 3.50. The molecule has 43 heavy (non-hydrogen) atoms. The van der Waals surface area contributed by atoms with Crippen LogP contribution in [0.2, 0.25) is 0 Å². The van der Waals surface area contributed by atoms with Crippen LogP contribution in [0.15, 0.2) is 89.3 Å². The highest BCUT2D eigenvalue weighted by Gasteiger charge is 2.19. The van der Waals surface area contributed by atoms with Crippen molar-refractivity contribution in [3.63, 3.8) is 0 Å². The molecule has 2 N–H and O–H groups in total. The van der Waals surface area contributed by atoms with Crippen molar-refractivity contribution in [2.45, 2.75) is 0 Å². The van der Waals surface area contributed by atoms with E-state index in [1.807, 2.05) is 24.3 Å². The molecule has 0 atom stereocenters. The van der Waals surface area contributed by atoms with Crippen LogP contribution >= 0.6 is 0 Å². The zero-order chi connectivity index (χ0) is 30.9. The van der Waals surface area contributed by atoms with E-state index in [2.05, 4.69) is 15.0 Å². The van der Waals surface area contributed by atoms with E-state index < -0.39 is 17.8 Å². The molecule has 220 valence electrons. The number of nitrogens with one attached hydrogen (secondary N) is 1. The molecule has 0 bridgehead atoms. The number of hydrogen-bond donors (Lipinski definition) is 2. The van der Waals surface area contributed by atoms with Crippen LogP contribution in [0.25, 0.3) is 22.6 Å². The number of amides is 1. The summed E-state index contributed by atoms with van der Waals surface area (Å²) in [7, 11) is 5.70. The number of nitrogens with zero attached hydrogens (tertiary/aromatic N) is 1. The fourth-order valence-electron chi connectivity index (χ4n) is 3.96. The van der Waals surface area contributed by atoms with Crippen LogP contribution in [0.1, 0.15) is 31.1 Å². The summed E-state index contributed by atoms with van der Waals surface area (Å²) < 4.78 is 25.2. The van der Waals surface area contributed by atoms with Crippen molar-refractivity contribution in [3.8, 4) is 28.7 Å². The molecule has 5 rings (SSSR count). The summed E-state index contributed by atoms with van der Waals surface area (Å²) in [6.07, 6.45) is 0. The third-order valence-corrected chi connectivity index (χ3v) is 6.20. The third-order valence-electron chi connectivity index (χ3n) is 6.20. The first-order valence-electron chi connectivity index (χ1n) is 12.8. The lowest BCUT2D eigenvalue weighted by Crippen LogP contribution is -2.15. The molecular formula is C32H28N2O9. The number of para-hydroxylation sites is 2. The van der Waals surface area contributed by atoms with E-state index in [9.17, 15) is 19.5 Å². The van der Waals surface area contributed by atoms with Gasteiger partial charge >= 0.3 is 11.9 Å². The number of esters is 2. The molecule has 1 amide bonds. The molecular weight excluding hydrogens is 556 g/mol. The van der Waals surface area contributed by atoms with Crippen LogP contribution in [-0.2, 0) is 9.47 Å². The van der Waals surface area contributed by atoms with Crippen LogP contribution in [0.4, 0.5) is 5.69 Å². The van der Waals surface area contributed by atoms with Gasteiger partial charge in [-0.1, -0.05) is 12.1 Å². The Labute approximate surface area is 246 Å². The summed E-state index contributed by atoms with van der Waals surface area (Å²) >= 11 is 0. The van der Waals surface area contributed by atoms with Gasteiger partial charge in [-0.05, 0) is 72.8 Å². The van der Waals surface area contributed by atoms with Crippen molar-refractivity contribution < 1.29 is 42.9 Å². The van der Waals surface area contributed by atoms with Crippen molar-refractivity contribution in [1.29, 1.82) is 0 Å². The fourth-order valence-corrected chi connectivity index (χ4v) is 3.96. The lowest BCUT2D eigenvalue weighted by molar-refractivity contribution is 0.0593. The van der Waals surface area contributed by atoms with E-state index in [0.29, 0.717) is 33.9 Å². The summed E-state index contributed by atoms with van der Waals surface area (Å²) in [5, 5.41) is 12.4. The minimum atomic E-state index is -0.652. The normalized spacial score (nSPS) is 10.2. The first kappa shape index (κ1) is 30.1. The van der Waals surface area contributed by atoms with Gasteiger partial charge in [0, 0.05) is 11.1 Å². The number of methoxy groups -OCH3 is 4. The number of hydrogen-bond acceptors (Lipinski definition) is 10. The van der Waals surface area contributed by atoms with Crippen molar-refractivity contribution in [1.82, 2.24) is 4.98 Å². The first-order chi connectivity index (χ1) is 20.8. The van der Waals surface area contributed by atoms with Gasteiger partial charge in [0.05, 0.1) is 45.3 Å². The number of rotatable bonds is 7. The second-order valence-electron chi connectivity index (χ2n) is 8.77. The first-order valence-corrected chi connectivity index (χ1v) is 12.8. The highest BCUT2D eigenvalue weighted by molar-refractivity contribution is 6.09. The average molecular weight is 585 g/mol. The van der Waals surface area contributed by atoms with Crippen molar-refractivity contribution in [2.24, 2.45) is 0 Å². The molecule has 0 aliphatic rings. The topological polar surface area (TPSA) is 146 Å². The van der Waals surface area contributed by atoms with Gasteiger partial charge in [0.2, 0.25) is 5.89 Å². The van der Waals surface area contributed by atoms with Crippen molar-refractivity contribution in [3.05, 3.63) is 102 Å². The Morgan fingerprint density at radius 1 is 0.721 bits per heavy atom. The monoisotopic (exact) mass is 584 g/mol. The number of carbonyl (C=O) groups excluding carboxylic acids is 3. The van der Waals surface area contributed by atoms with E-state index in [1.165, 1.54) is 39.5 Å². The Kier molecular flexibility index (Phi) is 9.59. The van der Waals surface area contributed by atoms with Crippen LogP contribution in [0.3, 0.4) is 0 Å². The maximum atomic E-state index is 12.2. The minimum Gasteiger partial charge on any atom is -0.506 e. The summed E-state index contributed by atoms with van der Waals surface area (Å²) in [5.74, 6) is 0.0543. The second kappa shape index (κ2) is 13.7. The quantitative estimate of drug-likeness (QED) is 0.180. The number of benzene rings is 4. The van der Waals surface area contributed by atoms with E-state index in [-0.39, 0.29) is 17.0 Å². The predicted octanol–water partition coefficient (Wildman–Crippen LogP) is 5.73. The number of anilines is 1. The highest BCUT2D eigenvalue weighted by Crippen LogP contribution is 2.29. The zero-order valence-corrected chi connectivity index (χ0v) is 23.7. The number of fused-ring (bicyclic) bond motifs is 1. The SMILES string of the molecule is COC(=O)c1cccc(O)c1NC(=O)c1ccc(OC)cc1.COC(=O)c1cccc2oc(-c3ccc(OC)cc3)nc12. The van der Waals surface area contributed by atoms with E-state index >= 15 is 0 Å². The van der Waals surface area contributed by atoms with Gasteiger partial charge < -0.3 is 33.8 Å². The molecule has 1 heterocycles. The predicted molar refractivity (Wildman–Crippen MR) is 158 cm³/mol. The maximum Gasteiger partial charge on any atom is 0.340 e. The van der Waals surface area contributed by atoms with E-state index in [1.54, 1.807) is 49.6 Å². The lowest BCUT2D eigenvalue weighted by Gasteiger charge is -2.11. The molecule has 0 spiro atoms. The maximum absolute atomic E-state index is 12.2. The molecule has 0 saturated heterocycles. The smallest absolute Gasteiger partial charge is 0.340 e. The number of ether oxygens (including phenoxy) is 4. The number of oxazole rings is 1. The van der Waals surface area contributed by atoms with Crippen LogP contribution < -0.4 is 14.8 Å². The molecule has 0 saturated carbocycles. The summed E-state index contributed by atoms with van der Waals surface area (Å²) in [4.78, 5) is 40.0. The Morgan fingerprint density at radius 2 is 1.28 bits per heavy atom. The number of aromatic nitrogens is 1. The number of phenolic OH excluding ortho intramolecular Hbond substituents is 1. The van der Waals surface area contributed by atoms with Gasteiger partial charge in [0.1, 0.15) is 22.8 Å². The minimum absolute atomic E-state index is 0.00941. The van der Waals surface area contributed by atoms with Gasteiger partial charge in [-0.15, -0.1) is 0 Å². The molecule has 0 aliphatic carbocycles. The van der Waals surface area contributed by atoms with Gasteiger partial charge in [-0.25, -0.2) is 14.6 Å². The highest BCUT2D eigenvalue weighted by atomic mass is 16.5. The Morgan fingerprint density at radius 3 is 1.88 bits per heavy atom. The summed E-state index contributed by atoms with van der Waals surface area (Å²) in [6, 6.07) is 23.3. The van der Waals surface area contributed by atoms with Crippen LogP contribution in [0.5, 0.6) is 17.2 Å². The molecule has 0 aliphatic heterocycles. The Hall–Kier alpha value is -5.84. The van der Waals surface area contributed by atoms with E-state index in [0.717, 1.165) is 11.3 Å². The molecule has 11 nitrogen and oxygen atoms in total.